The average molecular weight is 252 g/mol. The Hall–Kier alpha value is -0.940. The van der Waals surface area contributed by atoms with Crippen molar-refractivity contribution in [2.45, 2.75) is 5.25 Å². The molecule has 1 aromatic carbocycles. The highest BCUT2D eigenvalue weighted by molar-refractivity contribution is 8.39. The molecule has 1 heterocycles. The van der Waals surface area contributed by atoms with Gasteiger partial charge in [-0.2, -0.15) is 0 Å². The van der Waals surface area contributed by atoms with Gasteiger partial charge in [0.2, 0.25) is 5.91 Å². The molecular formula is C11H12N2OS2. The second-order valence-corrected chi connectivity index (χ2v) is 5.74. The molecule has 1 aliphatic heterocycles. The van der Waals surface area contributed by atoms with E-state index in [2.05, 4.69) is 4.99 Å². The quantitative estimate of drug-likeness (QED) is 0.895. The summed E-state index contributed by atoms with van der Waals surface area (Å²) in [5.74, 6) is 0.689. The molecule has 5 heteroatoms. The van der Waals surface area contributed by atoms with Crippen LogP contribution in [0.2, 0.25) is 0 Å². The zero-order valence-electron chi connectivity index (χ0n) is 8.63. The number of carbonyl (C=O) groups excluding carboxylic acids is 1. The lowest BCUT2D eigenvalue weighted by molar-refractivity contribution is -0.117. The maximum atomic E-state index is 11.4. The summed E-state index contributed by atoms with van der Waals surface area (Å²) < 4.78 is 0.965. The van der Waals surface area contributed by atoms with Crippen LogP contribution in [0.1, 0.15) is 10.8 Å². The lowest BCUT2D eigenvalue weighted by Crippen LogP contribution is -2.19. The average Bonchev–Trinajstić information content (AvgIpc) is 2.79. The van der Waals surface area contributed by atoms with Gasteiger partial charge in [0, 0.05) is 5.75 Å². The Kier molecular flexibility index (Phi) is 3.90. The topological polar surface area (TPSA) is 55.5 Å². The molecule has 0 bridgehead atoms. The van der Waals surface area contributed by atoms with Crippen LogP contribution in [0.4, 0.5) is 0 Å². The van der Waals surface area contributed by atoms with E-state index in [0.717, 1.165) is 22.2 Å². The third-order valence-corrected chi connectivity index (χ3v) is 4.61. The number of aliphatic imine (C=N–C) groups is 1. The summed E-state index contributed by atoms with van der Waals surface area (Å²) in [6.45, 7) is 0.841. The number of hydrogen-bond donors (Lipinski definition) is 1. The van der Waals surface area contributed by atoms with E-state index in [1.54, 1.807) is 11.8 Å². The van der Waals surface area contributed by atoms with Gasteiger partial charge in [-0.3, -0.25) is 9.79 Å². The summed E-state index contributed by atoms with van der Waals surface area (Å²) >= 11 is 3.14. The van der Waals surface area contributed by atoms with Crippen LogP contribution in [0.25, 0.3) is 0 Å². The molecule has 0 spiro atoms. The van der Waals surface area contributed by atoms with E-state index in [0.29, 0.717) is 0 Å². The predicted octanol–water partition coefficient (Wildman–Crippen LogP) is 2.05. The number of amides is 1. The Morgan fingerprint density at radius 1 is 1.44 bits per heavy atom. The third kappa shape index (κ3) is 2.80. The lowest BCUT2D eigenvalue weighted by Gasteiger charge is -2.12. The van der Waals surface area contributed by atoms with E-state index in [1.807, 2.05) is 30.3 Å². The summed E-state index contributed by atoms with van der Waals surface area (Å²) in [4.78, 5) is 15.7. The van der Waals surface area contributed by atoms with Crippen molar-refractivity contribution in [1.29, 1.82) is 0 Å². The van der Waals surface area contributed by atoms with Crippen molar-refractivity contribution in [3.8, 4) is 0 Å². The van der Waals surface area contributed by atoms with Crippen molar-refractivity contribution in [3.63, 3.8) is 0 Å². The van der Waals surface area contributed by atoms with Crippen LogP contribution in [-0.4, -0.2) is 22.6 Å². The minimum atomic E-state index is -0.328. The van der Waals surface area contributed by atoms with E-state index in [9.17, 15) is 4.79 Å². The van der Waals surface area contributed by atoms with Crippen molar-refractivity contribution in [1.82, 2.24) is 0 Å². The molecule has 0 radical (unpaired) electrons. The Morgan fingerprint density at radius 2 is 2.19 bits per heavy atom. The van der Waals surface area contributed by atoms with Gasteiger partial charge >= 0.3 is 0 Å². The molecule has 16 heavy (non-hydrogen) atoms. The van der Waals surface area contributed by atoms with Gasteiger partial charge in [0.1, 0.15) is 9.63 Å². The Balaban J connectivity index is 2.14. The first-order valence-corrected chi connectivity index (χ1v) is 6.82. The first kappa shape index (κ1) is 11.5. The fourth-order valence-corrected chi connectivity index (χ4v) is 3.53. The van der Waals surface area contributed by atoms with Crippen molar-refractivity contribution < 1.29 is 4.79 Å². The Bertz CT molecular complexity index is 406. The summed E-state index contributed by atoms with van der Waals surface area (Å²) in [7, 11) is 0. The van der Waals surface area contributed by atoms with Gasteiger partial charge in [-0.25, -0.2) is 0 Å². The molecule has 0 fully saturated rings. The molecule has 3 nitrogen and oxygen atoms in total. The first-order valence-electron chi connectivity index (χ1n) is 4.95. The zero-order valence-corrected chi connectivity index (χ0v) is 10.3. The lowest BCUT2D eigenvalue weighted by atomic mass is 10.1. The molecule has 84 valence electrons. The van der Waals surface area contributed by atoms with Crippen LogP contribution >= 0.6 is 23.5 Å². The summed E-state index contributed by atoms with van der Waals surface area (Å²) in [5, 5.41) is -0.328. The van der Waals surface area contributed by atoms with Crippen LogP contribution in [0.5, 0.6) is 0 Å². The summed E-state index contributed by atoms with van der Waals surface area (Å²) in [6.07, 6.45) is 0. The summed E-state index contributed by atoms with van der Waals surface area (Å²) in [6, 6.07) is 9.59. The maximum absolute atomic E-state index is 11.4. The molecule has 1 atom stereocenters. The third-order valence-electron chi connectivity index (χ3n) is 2.14. The van der Waals surface area contributed by atoms with E-state index in [1.165, 1.54) is 11.8 Å². The van der Waals surface area contributed by atoms with Crippen molar-refractivity contribution in [2.24, 2.45) is 10.7 Å². The Labute approximate surface area is 103 Å². The molecule has 0 aromatic heterocycles. The molecule has 2 rings (SSSR count). The highest BCUT2D eigenvalue weighted by Gasteiger charge is 2.22. The van der Waals surface area contributed by atoms with Gasteiger partial charge in [-0.15, -0.1) is 0 Å². The molecule has 1 aromatic rings. The molecule has 2 N–H and O–H groups in total. The first-order chi connectivity index (χ1) is 7.77. The minimum absolute atomic E-state index is 0.314. The number of carbonyl (C=O) groups is 1. The van der Waals surface area contributed by atoms with Crippen LogP contribution in [0.3, 0.4) is 0 Å². The van der Waals surface area contributed by atoms with Crippen molar-refractivity contribution in [3.05, 3.63) is 35.9 Å². The van der Waals surface area contributed by atoms with Crippen molar-refractivity contribution in [2.75, 3.05) is 12.3 Å². The van der Waals surface area contributed by atoms with Crippen LogP contribution in [0, 0.1) is 0 Å². The number of thioether (sulfide) groups is 2. The SMILES string of the molecule is NC(=O)[C@H](SC1=NCCS1)c1ccccc1. The highest BCUT2D eigenvalue weighted by atomic mass is 32.2. The number of rotatable bonds is 3. The number of benzene rings is 1. The molecule has 1 aliphatic rings. The van der Waals surface area contributed by atoms with Gasteiger partial charge in [0.25, 0.3) is 0 Å². The fraction of sp³-hybridized carbons (Fsp3) is 0.273. The Morgan fingerprint density at radius 3 is 2.75 bits per heavy atom. The number of nitrogens with two attached hydrogens (primary N) is 1. The van der Waals surface area contributed by atoms with Crippen molar-refractivity contribution >= 4 is 33.8 Å². The second-order valence-electron chi connectivity index (χ2n) is 3.31. The molecule has 1 amide bonds. The monoisotopic (exact) mass is 252 g/mol. The van der Waals surface area contributed by atoms with Gasteiger partial charge in [0.15, 0.2) is 0 Å². The largest absolute Gasteiger partial charge is 0.368 e. The van der Waals surface area contributed by atoms with Gasteiger partial charge in [-0.1, -0.05) is 53.9 Å². The number of nitrogens with zero attached hydrogens (tertiary/aromatic N) is 1. The highest BCUT2D eigenvalue weighted by Crippen LogP contribution is 2.35. The zero-order chi connectivity index (χ0) is 11.4. The number of hydrogen-bond acceptors (Lipinski definition) is 4. The number of primary amides is 1. The predicted molar refractivity (Wildman–Crippen MR) is 70.7 cm³/mol. The van der Waals surface area contributed by atoms with Crippen LogP contribution in [0.15, 0.2) is 35.3 Å². The minimum Gasteiger partial charge on any atom is -0.368 e. The van der Waals surface area contributed by atoms with E-state index >= 15 is 0 Å². The summed E-state index contributed by atoms with van der Waals surface area (Å²) in [5.41, 5.74) is 6.36. The normalized spacial score (nSPS) is 16.9. The van der Waals surface area contributed by atoms with Crippen LogP contribution in [-0.2, 0) is 4.79 Å². The fourth-order valence-electron chi connectivity index (χ4n) is 1.41. The van der Waals surface area contributed by atoms with Gasteiger partial charge < -0.3 is 5.73 Å². The smallest absolute Gasteiger partial charge is 0.235 e. The molecular weight excluding hydrogens is 240 g/mol. The van der Waals surface area contributed by atoms with Crippen LogP contribution < -0.4 is 5.73 Å². The maximum Gasteiger partial charge on any atom is 0.235 e. The second kappa shape index (κ2) is 5.41. The van der Waals surface area contributed by atoms with E-state index in [4.69, 9.17) is 5.73 Å². The van der Waals surface area contributed by atoms with E-state index < -0.39 is 0 Å². The molecule has 0 saturated carbocycles. The molecule has 0 aliphatic carbocycles. The standard InChI is InChI=1S/C11H12N2OS2/c12-10(14)9(8-4-2-1-3-5-8)16-11-13-6-7-15-11/h1-5,9H,6-7H2,(H2,12,14)/t9-/m1/s1. The molecule has 0 saturated heterocycles. The molecule has 0 unspecified atom stereocenters. The van der Waals surface area contributed by atoms with Gasteiger partial charge in [0.05, 0.1) is 6.54 Å². The van der Waals surface area contributed by atoms with Gasteiger partial charge in [-0.05, 0) is 5.56 Å². The van der Waals surface area contributed by atoms with E-state index in [-0.39, 0.29) is 11.2 Å².